The van der Waals surface area contributed by atoms with E-state index in [0.717, 1.165) is 16.6 Å². The third-order valence-electron chi connectivity index (χ3n) is 6.32. The molecule has 0 aliphatic carbocycles. The highest BCUT2D eigenvalue weighted by atomic mass is 19.1. The van der Waals surface area contributed by atoms with Crippen molar-refractivity contribution in [2.75, 3.05) is 11.9 Å². The molecule has 5 aromatic rings. The van der Waals surface area contributed by atoms with Crippen molar-refractivity contribution >= 4 is 28.4 Å². The fraction of sp³-hybridized carbons (Fsp3) is 0.129. The van der Waals surface area contributed by atoms with E-state index in [9.17, 15) is 18.4 Å². The topological polar surface area (TPSA) is 76.0 Å². The Labute approximate surface area is 224 Å². The van der Waals surface area contributed by atoms with E-state index in [4.69, 9.17) is 0 Å². The van der Waals surface area contributed by atoms with E-state index < -0.39 is 0 Å². The van der Waals surface area contributed by atoms with Crippen LogP contribution in [-0.2, 0) is 24.2 Å². The van der Waals surface area contributed by atoms with Crippen molar-refractivity contribution in [2.45, 2.75) is 19.4 Å². The molecular formula is C31H26F2N4O2. The third-order valence-corrected chi connectivity index (χ3v) is 6.32. The van der Waals surface area contributed by atoms with Gasteiger partial charge < -0.3 is 15.2 Å². The van der Waals surface area contributed by atoms with Gasteiger partial charge in [0.15, 0.2) is 0 Å². The highest BCUT2D eigenvalue weighted by molar-refractivity contribution is 6.01. The molecule has 0 unspecified atom stereocenters. The third kappa shape index (κ3) is 6.54. The summed E-state index contributed by atoms with van der Waals surface area (Å²) in [4.78, 5) is 30.1. The number of hydrogen-bond donors (Lipinski definition) is 2. The largest absolute Gasteiger partial charge is 0.350 e. The molecule has 0 saturated carbocycles. The number of benzene rings is 3. The number of aromatic nitrogens is 2. The van der Waals surface area contributed by atoms with Gasteiger partial charge in [-0.15, -0.1) is 0 Å². The van der Waals surface area contributed by atoms with Crippen molar-refractivity contribution in [3.05, 3.63) is 131 Å². The van der Waals surface area contributed by atoms with E-state index in [-0.39, 0.29) is 29.9 Å². The Morgan fingerprint density at radius 2 is 1.67 bits per heavy atom. The van der Waals surface area contributed by atoms with Crippen LogP contribution in [0.25, 0.3) is 10.9 Å². The lowest BCUT2D eigenvalue weighted by molar-refractivity contribution is -0.115. The van der Waals surface area contributed by atoms with Gasteiger partial charge in [0, 0.05) is 48.0 Å². The quantitative estimate of drug-likeness (QED) is 0.267. The molecule has 0 atom stereocenters. The summed E-state index contributed by atoms with van der Waals surface area (Å²) in [5.74, 6) is -1.21. The number of pyridine rings is 1. The van der Waals surface area contributed by atoms with Gasteiger partial charge in [0.25, 0.3) is 5.91 Å². The number of carbonyl (C=O) groups excluding carboxylic acids is 2. The van der Waals surface area contributed by atoms with E-state index in [1.165, 1.54) is 24.3 Å². The molecule has 6 nitrogen and oxygen atoms in total. The molecule has 196 valence electrons. The van der Waals surface area contributed by atoms with Crippen LogP contribution in [0.1, 0.15) is 27.3 Å². The van der Waals surface area contributed by atoms with Gasteiger partial charge in [0.2, 0.25) is 5.91 Å². The van der Waals surface area contributed by atoms with Crippen LogP contribution in [0, 0.1) is 11.6 Å². The van der Waals surface area contributed by atoms with Crippen molar-refractivity contribution < 1.29 is 18.4 Å². The molecule has 0 spiro atoms. The second kappa shape index (κ2) is 11.7. The molecule has 0 bridgehead atoms. The number of hydrogen-bond acceptors (Lipinski definition) is 3. The minimum absolute atomic E-state index is 0.100. The zero-order valence-corrected chi connectivity index (χ0v) is 21.0. The Morgan fingerprint density at radius 1 is 0.821 bits per heavy atom. The maximum Gasteiger partial charge on any atom is 0.267 e. The van der Waals surface area contributed by atoms with Crippen LogP contribution >= 0.6 is 0 Å². The van der Waals surface area contributed by atoms with Gasteiger partial charge in [-0.05, 0) is 71.8 Å². The highest BCUT2D eigenvalue weighted by Crippen LogP contribution is 2.25. The van der Waals surface area contributed by atoms with Crippen LogP contribution in [0.15, 0.2) is 97.2 Å². The minimum atomic E-state index is -0.357. The lowest BCUT2D eigenvalue weighted by Gasteiger charge is -2.12. The van der Waals surface area contributed by atoms with Gasteiger partial charge in [-0.3, -0.25) is 14.6 Å². The molecule has 39 heavy (non-hydrogen) atoms. The first-order valence-electron chi connectivity index (χ1n) is 12.5. The predicted octanol–water partition coefficient (Wildman–Crippen LogP) is 5.52. The normalized spacial score (nSPS) is 10.9. The summed E-state index contributed by atoms with van der Waals surface area (Å²) in [6.07, 6.45) is 2.40. The molecule has 0 saturated heterocycles. The number of anilines is 1. The molecule has 2 aromatic heterocycles. The SMILES string of the molecule is O=C(Cc1ccc(F)cc1)Nc1ccc2c(c1)cc(C(=O)NCCc1ccccn1)n2Cc1cccc(F)c1. The van der Waals surface area contributed by atoms with Crippen molar-refractivity contribution in [1.82, 2.24) is 14.9 Å². The van der Waals surface area contributed by atoms with Gasteiger partial charge in [-0.1, -0.05) is 30.3 Å². The molecule has 2 N–H and O–H groups in total. The Kier molecular flexibility index (Phi) is 7.73. The van der Waals surface area contributed by atoms with Crippen molar-refractivity contribution in [1.29, 1.82) is 0 Å². The number of halogens is 2. The van der Waals surface area contributed by atoms with Gasteiger partial charge >= 0.3 is 0 Å². The fourth-order valence-electron chi connectivity index (χ4n) is 4.46. The summed E-state index contributed by atoms with van der Waals surface area (Å²) in [6.45, 7) is 0.697. The van der Waals surface area contributed by atoms with Crippen LogP contribution in [0.3, 0.4) is 0 Å². The number of fused-ring (bicyclic) bond motifs is 1. The fourth-order valence-corrected chi connectivity index (χ4v) is 4.46. The Morgan fingerprint density at radius 3 is 2.44 bits per heavy atom. The Hall–Kier alpha value is -4.85. The zero-order chi connectivity index (χ0) is 27.2. The lowest BCUT2D eigenvalue weighted by Crippen LogP contribution is -2.28. The number of rotatable bonds is 9. The smallest absolute Gasteiger partial charge is 0.267 e. The summed E-state index contributed by atoms with van der Waals surface area (Å²) < 4.78 is 28.9. The predicted molar refractivity (Wildman–Crippen MR) is 146 cm³/mol. The molecule has 0 aliphatic heterocycles. The summed E-state index contributed by atoms with van der Waals surface area (Å²) in [7, 11) is 0. The van der Waals surface area contributed by atoms with Gasteiger partial charge in [-0.25, -0.2) is 8.78 Å². The van der Waals surface area contributed by atoms with E-state index in [1.54, 1.807) is 42.6 Å². The van der Waals surface area contributed by atoms with E-state index in [2.05, 4.69) is 15.6 Å². The number of amides is 2. The summed E-state index contributed by atoms with van der Waals surface area (Å²) in [5, 5.41) is 6.57. The maximum absolute atomic E-state index is 13.9. The molecule has 0 fully saturated rings. The molecule has 0 aliphatic rings. The standard InChI is InChI=1S/C31H26F2N4O2/c32-24-9-7-21(8-10-24)17-30(38)36-27-11-12-28-23(18-27)19-29(37(28)20-22-4-3-5-25(33)16-22)31(39)35-15-13-26-6-1-2-14-34-26/h1-12,14,16,18-19H,13,15,17,20H2,(H,35,39)(H,36,38). The average molecular weight is 525 g/mol. The van der Waals surface area contributed by atoms with Crippen LogP contribution in [0.4, 0.5) is 14.5 Å². The molecule has 5 rings (SSSR count). The van der Waals surface area contributed by atoms with E-state index >= 15 is 0 Å². The summed E-state index contributed by atoms with van der Waals surface area (Å²) in [5.41, 5.74) is 4.04. The van der Waals surface area contributed by atoms with E-state index in [1.807, 2.05) is 34.9 Å². The number of nitrogens with one attached hydrogen (secondary N) is 2. The van der Waals surface area contributed by atoms with E-state index in [0.29, 0.717) is 42.0 Å². The van der Waals surface area contributed by atoms with Crippen LogP contribution in [-0.4, -0.2) is 27.9 Å². The Bertz CT molecular complexity index is 1620. The Balaban J connectivity index is 1.38. The number of nitrogens with zero attached hydrogens (tertiary/aromatic N) is 2. The molecule has 3 aromatic carbocycles. The summed E-state index contributed by atoms with van der Waals surface area (Å²) in [6, 6.07) is 24.8. The first kappa shape index (κ1) is 25.8. The highest BCUT2D eigenvalue weighted by Gasteiger charge is 2.17. The van der Waals surface area contributed by atoms with Crippen molar-refractivity contribution in [3.63, 3.8) is 0 Å². The van der Waals surface area contributed by atoms with Crippen LogP contribution in [0.5, 0.6) is 0 Å². The summed E-state index contributed by atoms with van der Waals surface area (Å²) >= 11 is 0. The number of carbonyl (C=O) groups is 2. The minimum Gasteiger partial charge on any atom is -0.350 e. The molecule has 8 heteroatoms. The second-order valence-corrected chi connectivity index (χ2v) is 9.20. The maximum atomic E-state index is 13.9. The van der Waals surface area contributed by atoms with Crippen molar-refractivity contribution in [3.8, 4) is 0 Å². The van der Waals surface area contributed by atoms with Crippen molar-refractivity contribution in [2.24, 2.45) is 0 Å². The first-order valence-corrected chi connectivity index (χ1v) is 12.5. The van der Waals surface area contributed by atoms with Gasteiger partial charge in [-0.2, -0.15) is 0 Å². The molecule has 0 radical (unpaired) electrons. The zero-order valence-electron chi connectivity index (χ0n) is 21.0. The monoisotopic (exact) mass is 524 g/mol. The van der Waals surface area contributed by atoms with Gasteiger partial charge in [0.05, 0.1) is 6.42 Å². The average Bonchev–Trinajstić information content (AvgIpc) is 3.28. The lowest BCUT2D eigenvalue weighted by atomic mass is 10.1. The molecular weight excluding hydrogens is 498 g/mol. The van der Waals surface area contributed by atoms with Crippen LogP contribution < -0.4 is 10.6 Å². The molecule has 2 amide bonds. The van der Waals surface area contributed by atoms with Gasteiger partial charge in [0.1, 0.15) is 17.3 Å². The first-order chi connectivity index (χ1) is 18.9. The van der Waals surface area contributed by atoms with Crippen LogP contribution in [0.2, 0.25) is 0 Å². The molecule has 2 heterocycles. The second-order valence-electron chi connectivity index (χ2n) is 9.20.